The van der Waals surface area contributed by atoms with Gasteiger partial charge in [0.2, 0.25) is 0 Å². The number of fused-ring (bicyclic) bond motifs is 8. The van der Waals surface area contributed by atoms with E-state index in [1.165, 1.54) is 82.8 Å². The van der Waals surface area contributed by atoms with E-state index in [4.69, 9.17) is 0 Å². The van der Waals surface area contributed by atoms with Crippen LogP contribution in [0.1, 0.15) is 33.4 Å². The van der Waals surface area contributed by atoms with Crippen LogP contribution in [-0.2, 0) is 11.8 Å². The summed E-state index contributed by atoms with van der Waals surface area (Å²) >= 11 is 0. The van der Waals surface area contributed by atoms with Gasteiger partial charge in [-0.05, 0) is 74.5 Å². The number of para-hydroxylation sites is 1. The van der Waals surface area contributed by atoms with Crippen LogP contribution in [0, 0.1) is 0 Å². The van der Waals surface area contributed by atoms with Gasteiger partial charge in [-0.3, -0.25) is 0 Å². The van der Waals surface area contributed by atoms with E-state index in [1.54, 1.807) is 0 Å². The molecule has 9 aromatic rings. The predicted octanol–water partition coefficient (Wildman–Crippen LogP) is 11.9. The minimum absolute atomic E-state index is 0.394. The molecule has 0 spiro atoms. The van der Waals surface area contributed by atoms with Crippen LogP contribution in [0.15, 0.2) is 188 Å². The first kappa shape index (κ1) is 27.9. The van der Waals surface area contributed by atoms with Gasteiger partial charge < -0.3 is 4.57 Å². The molecule has 0 unspecified atom stereocenters. The van der Waals surface area contributed by atoms with Gasteiger partial charge in [-0.1, -0.05) is 170 Å². The van der Waals surface area contributed by atoms with Crippen LogP contribution >= 0.6 is 0 Å². The van der Waals surface area contributed by atoms with Crippen molar-refractivity contribution >= 4 is 32.6 Å². The van der Waals surface area contributed by atoms with Crippen LogP contribution in [0.5, 0.6) is 0 Å². The molecule has 49 heavy (non-hydrogen) atoms. The Hall–Kier alpha value is -6.18. The summed E-state index contributed by atoms with van der Waals surface area (Å²) in [5, 5.41) is 5.10. The smallest absolute Gasteiger partial charge is 0.0713 e. The second-order valence-corrected chi connectivity index (χ2v) is 13.3. The van der Waals surface area contributed by atoms with Crippen LogP contribution in [0.25, 0.3) is 49.4 Å². The highest BCUT2D eigenvalue weighted by atomic mass is 15.0. The van der Waals surface area contributed by atoms with Crippen LogP contribution < -0.4 is 0 Å². The molecule has 1 nitrogen and oxygen atoms in total. The third-order valence-electron chi connectivity index (χ3n) is 10.7. The van der Waals surface area contributed by atoms with Gasteiger partial charge in [0, 0.05) is 21.8 Å². The molecule has 0 bridgehead atoms. The number of nitrogens with zero attached hydrogens (tertiary/aromatic N) is 1. The van der Waals surface area contributed by atoms with Crippen molar-refractivity contribution in [3.05, 3.63) is 221 Å². The lowest BCUT2D eigenvalue weighted by Gasteiger charge is -2.34. The molecular formula is C48H33N. The molecule has 1 aliphatic carbocycles. The maximum atomic E-state index is 2.49. The molecule has 0 N–H and O–H groups in total. The van der Waals surface area contributed by atoms with Crippen LogP contribution in [0.2, 0.25) is 0 Å². The van der Waals surface area contributed by atoms with Gasteiger partial charge in [0.15, 0.2) is 0 Å². The summed E-state index contributed by atoms with van der Waals surface area (Å²) in [5.74, 6) is 0. The molecule has 230 valence electrons. The number of aromatic nitrogens is 1. The van der Waals surface area contributed by atoms with E-state index in [2.05, 4.69) is 193 Å². The summed E-state index contributed by atoms with van der Waals surface area (Å²) in [6.07, 6.45) is 0.844. The minimum Gasteiger partial charge on any atom is -0.309 e. The molecule has 0 amide bonds. The Kier molecular flexibility index (Phi) is 6.22. The van der Waals surface area contributed by atoms with Crippen molar-refractivity contribution < 1.29 is 0 Å². The van der Waals surface area contributed by atoms with E-state index >= 15 is 0 Å². The van der Waals surface area contributed by atoms with Crippen molar-refractivity contribution in [3.8, 4) is 16.8 Å². The summed E-state index contributed by atoms with van der Waals surface area (Å²) in [4.78, 5) is 0. The standard InChI is InChI=1S/C48H33N/c1-4-15-36(16-5-1)48(37-17-6-2-7-18-37)44-23-13-12-22-40(44)41-27-24-33(31-45(41)48)30-34-25-28-42-43-29-26-35-14-10-11-21-39(35)47(43)49(46(42)32-34)38-19-8-3-9-20-38/h1-29,31-32H,30H2. The topological polar surface area (TPSA) is 4.93 Å². The van der Waals surface area contributed by atoms with Crippen LogP contribution in [0.3, 0.4) is 0 Å². The average Bonchev–Trinajstić information content (AvgIpc) is 3.66. The third-order valence-corrected chi connectivity index (χ3v) is 10.7. The molecule has 8 aromatic carbocycles. The lowest BCUT2D eigenvalue weighted by Crippen LogP contribution is -2.28. The number of rotatable bonds is 5. The molecule has 0 saturated heterocycles. The monoisotopic (exact) mass is 623 g/mol. The Morgan fingerprint density at radius 2 is 1.00 bits per heavy atom. The zero-order valence-corrected chi connectivity index (χ0v) is 27.1. The van der Waals surface area contributed by atoms with Gasteiger partial charge in [-0.15, -0.1) is 0 Å². The fourth-order valence-electron chi connectivity index (χ4n) is 8.62. The second kappa shape index (κ2) is 10.9. The molecule has 1 heteroatoms. The van der Waals surface area contributed by atoms with Crippen molar-refractivity contribution in [1.29, 1.82) is 0 Å². The first-order valence-electron chi connectivity index (χ1n) is 17.2. The van der Waals surface area contributed by atoms with Gasteiger partial charge in [-0.25, -0.2) is 0 Å². The summed E-state index contributed by atoms with van der Waals surface area (Å²) < 4.78 is 2.46. The molecular weight excluding hydrogens is 591 g/mol. The van der Waals surface area contributed by atoms with E-state index in [0.717, 1.165) is 6.42 Å². The van der Waals surface area contributed by atoms with E-state index in [1.807, 2.05) is 0 Å². The molecule has 0 aliphatic heterocycles. The summed E-state index contributed by atoms with van der Waals surface area (Å²) in [5.41, 5.74) is 13.8. The molecule has 0 atom stereocenters. The molecule has 1 aliphatic rings. The van der Waals surface area contributed by atoms with Crippen molar-refractivity contribution in [3.63, 3.8) is 0 Å². The molecule has 1 heterocycles. The van der Waals surface area contributed by atoms with Gasteiger partial charge in [0.1, 0.15) is 0 Å². The zero-order valence-electron chi connectivity index (χ0n) is 27.1. The average molecular weight is 624 g/mol. The number of hydrogen-bond donors (Lipinski definition) is 0. The fraction of sp³-hybridized carbons (Fsp3) is 0.0417. The van der Waals surface area contributed by atoms with Gasteiger partial charge in [0.25, 0.3) is 0 Å². The number of hydrogen-bond acceptors (Lipinski definition) is 0. The maximum absolute atomic E-state index is 2.49. The zero-order chi connectivity index (χ0) is 32.4. The summed E-state index contributed by atoms with van der Waals surface area (Å²) in [6, 6.07) is 69.5. The SMILES string of the molecule is c1ccc(-n2c3cc(Cc4ccc5c(c4)C(c4ccccc4)(c4ccccc4)c4ccccc4-5)ccc3c3ccc4ccccc4c32)cc1. The Morgan fingerprint density at radius 1 is 0.408 bits per heavy atom. The highest BCUT2D eigenvalue weighted by Crippen LogP contribution is 2.56. The normalized spacial score (nSPS) is 13.1. The van der Waals surface area contributed by atoms with Gasteiger partial charge >= 0.3 is 0 Å². The van der Waals surface area contributed by atoms with Crippen molar-refractivity contribution in [2.24, 2.45) is 0 Å². The van der Waals surface area contributed by atoms with Crippen LogP contribution in [-0.4, -0.2) is 4.57 Å². The fourth-order valence-corrected chi connectivity index (χ4v) is 8.62. The third kappa shape index (κ3) is 4.12. The summed E-state index contributed by atoms with van der Waals surface area (Å²) in [6.45, 7) is 0. The van der Waals surface area contributed by atoms with Crippen molar-refractivity contribution in [2.45, 2.75) is 11.8 Å². The molecule has 1 aromatic heterocycles. The highest BCUT2D eigenvalue weighted by Gasteiger charge is 2.45. The Morgan fingerprint density at radius 3 is 1.78 bits per heavy atom. The molecule has 10 rings (SSSR count). The van der Waals surface area contributed by atoms with Crippen molar-refractivity contribution in [2.75, 3.05) is 0 Å². The Bertz CT molecular complexity index is 2630. The van der Waals surface area contributed by atoms with E-state index in [0.29, 0.717) is 0 Å². The lowest BCUT2D eigenvalue weighted by molar-refractivity contribution is 0.767. The summed E-state index contributed by atoms with van der Waals surface area (Å²) in [7, 11) is 0. The molecule has 0 fully saturated rings. The minimum atomic E-state index is -0.394. The molecule has 0 saturated carbocycles. The van der Waals surface area contributed by atoms with Gasteiger partial charge in [0.05, 0.1) is 16.4 Å². The van der Waals surface area contributed by atoms with E-state index < -0.39 is 5.41 Å². The van der Waals surface area contributed by atoms with Gasteiger partial charge in [-0.2, -0.15) is 0 Å². The molecule has 0 radical (unpaired) electrons. The number of benzene rings is 8. The maximum Gasteiger partial charge on any atom is 0.0713 e. The van der Waals surface area contributed by atoms with Crippen molar-refractivity contribution in [1.82, 2.24) is 4.57 Å². The largest absolute Gasteiger partial charge is 0.309 e. The Balaban J connectivity index is 1.17. The first-order chi connectivity index (χ1) is 24.3. The van der Waals surface area contributed by atoms with E-state index in [-0.39, 0.29) is 0 Å². The first-order valence-corrected chi connectivity index (χ1v) is 17.2. The highest BCUT2D eigenvalue weighted by molar-refractivity contribution is 6.18. The van der Waals surface area contributed by atoms with Crippen LogP contribution in [0.4, 0.5) is 0 Å². The Labute approximate surface area is 286 Å². The second-order valence-electron chi connectivity index (χ2n) is 13.3. The predicted molar refractivity (Wildman–Crippen MR) is 205 cm³/mol. The lowest BCUT2D eigenvalue weighted by atomic mass is 9.67. The van der Waals surface area contributed by atoms with E-state index in [9.17, 15) is 0 Å². The quantitative estimate of drug-likeness (QED) is 0.180.